The molecular formula is C8H19NO2. The monoisotopic (exact) mass is 161 g/mol. The number of amides is 1. The molecule has 3 nitrogen and oxygen atoms in total. The van der Waals surface area contributed by atoms with Gasteiger partial charge in [-0.3, -0.25) is 0 Å². The Balaban J connectivity index is 0. The van der Waals surface area contributed by atoms with Crippen molar-refractivity contribution >= 4 is 6.09 Å². The van der Waals surface area contributed by atoms with Crippen LogP contribution in [0, 0.1) is 0 Å². The third-order valence-corrected chi connectivity index (χ3v) is 1.54. The second-order valence-electron chi connectivity index (χ2n) is 3.03. The van der Waals surface area contributed by atoms with E-state index in [-0.39, 0.29) is 13.1 Å². The van der Waals surface area contributed by atoms with E-state index in [1.807, 2.05) is 27.7 Å². The molecule has 0 aliphatic carbocycles. The van der Waals surface area contributed by atoms with E-state index in [1.54, 1.807) is 0 Å². The molecule has 0 rings (SSSR count). The summed E-state index contributed by atoms with van der Waals surface area (Å²) in [5.41, 5.74) is -0.348. The van der Waals surface area contributed by atoms with Crippen LogP contribution in [0.15, 0.2) is 0 Å². The predicted molar refractivity (Wildman–Crippen MR) is 46.6 cm³/mol. The van der Waals surface area contributed by atoms with Crippen LogP contribution in [-0.4, -0.2) is 18.2 Å². The minimum Gasteiger partial charge on any atom is -0.444 e. The van der Waals surface area contributed by atoms with Crippen LogP contribution in [0.5, 0.6) is 0 Å². The molecule has 0 saturated carbocycles. The van der Waals surface area contributed by atoms with Gasteiger partial charge in [-0.2, -0.15) is 0 Å². The molecule has 0 unspecified atom stereocenters. The van der Waals surface area contributed by atoms with Crippen LogP contribution < -0.4 is 5.32 Å². The Hall–Kier alpha value is -0.730. The number of hydrogen-bond acceptors (Lipinski definition) is 2. The molecule has 68 valence electrons. The van der Waals surface area contributed by atoms with E-state index in [4.69, 9.17) is 4.74 Å². The first-order chi connectivity index (χ1) is 5.02. The maximum atomic E-state index is 10.9. The average Bonchev–Trinajstić information content (AvgIpc) is 1.87. The fraction of sp³-hybridized carbons (Fsp3) is 0.875. The van der Waals surface area contributed by atoms with E-state index < -0.39 is 0 Å². The Labute approximate surface area is 69.6 Å². The maximum absolute atomic E-state index is 10.9. The molecule has 1 amide bonds. The Morgan fingerprint density at radius 2 is 2.09 bits per heavy atom. The summed E-state index contributed by atoms with van der Waals surface area (Å²) in [5, 5.41) is 2.57. The molecule has 0 aromatic heterocycles. The maximum Gasteiger partial charge on any atom is 0.407 e. The van der Waals surface area contributed by atoms with Gasteiger partial charge in [-0.1, -0.05) is 6.92 Å². The number of rotatable bonds is 3. The quantitative estimate of drug-likeness (QED) is 0.689. The minimum absolute atomic E-state index is 0. The van der Waals surface area contributed by atoms with Crippen molar-refractivity contribution in [3.8, 4) is 0 Å². The van der Waals surface area contributed by atoms with Crippen molar-refractivity contribution in [3.63, 3.8) is 0 Å². The molecule has 11 heavy (non-hydrogen) atoms. The molecule has 1 N–H and O–H groups in total. The highest BCUT2D eigenvalue weighted by molar-refractivity contribution is 5.67. The third-order valence-electron chi connectivity index (χ3n) is 1.54. The van der Waals surface area contributed by atoms with Crippen LogP contribution in [0.1, 0.15) is 35.5 Å². The number of carbonyl (C=O) groups is 1. The first kappa shape index (κ1) is 10.3. The molecule has 0 atom stereocenters. The summed E-state index contributed by atoms with van der Waals surface area (Å²) in [6, 6.07) is 0. The lowest BCUT2D eigenvalue weighted by Crippen LogP contribution is -2.33. The molecule has 0 radical (unpaired) electrons. The van der Waals surface area contributed by atoms with Gasteiger partial charge in [0.2, 0.25) is 0 Å². The van der Waals surface area contributed by atoms with Crippen LogP contribution in [-0.2, 0) is 4.74 Å². The summed E-state index contributed by atoms with van der Waals surface area (Å²) in [6.07, 6.45) is 0.490. The molecule has 0 aliphatic heterocycles. The summed E-state index contributed by atoms with van der Waals surface area (Å²) in [6.45, 7) is 8.24. The summed E-state index contributed by atoms with van der Waals surface area (Å²) in [7, 11) is 0. The summed E-state index contributed by atoms with van der Waals surface area (Å²) < 4.78 is 5.08. The zero-order chi connectivity index (χ0) is 8.91. The van der Waals surface area contributed by atoms with E-state index in [2.05, 4.69) is 5.32 Å². The first-order valence-corrected chi connectivity index (χ1v) is 3.98. The van der Waals surface area contributed by atoms with Crippen molar-refractivity contribution in [2.75, 3.05) is 6.54 Å². The highest BCUT2D eigenvalue weighted by Gasteiger charge is 2.19. The van der Waals surface area contributed by atoms with Crippen LogP contribution in [0.3, 0.4) is 0 Å². The van der Waals surface area contributed by atoms with Crippen LogP contribution in [0.4, 0.5) is 4.79 Å². The second kappa shape index (κ2) is 4.21. The predicted octanol–water partition coefficient (Wildman–Crippen LogP) is 2.17. The molecule has 0 fully saturated rings. The van der Waals surface area contributed by atoms with Gasteiger partial charge in [0.05, 0.1) is 0 Å². The van der Waals surface area contributed by atoms with E-state index in [9.17, 15) is 4.79 Å². The Morgan fingerprint density at radius 3 is 2.45 bits per heavy atom. The Kier molecular flexibility index (Phi) is 3.93. The third kappa shape index (κ3) is 4.65. The van der Waals surface area contributed by atoms with Gasteiger partial charge in [-0.25, -0.2) is 4.79 Å². The molecule has 3 heteroatoms. The van der Waals surface area contributed by atoms with Gasteiger partial charge in [0.1, 0.15) is 5.60 Å². The summed E-state index contributed by atoms with van der Waals surface area (Å²) in [4.78, 5) is 10.9. The Bertz CT molecular complexity index is 137. The number of alkyl carbamates (subject to hydrolysis) is 1. The molecule has 0 bridgehead atoms. The van der Waals surface area contributed by atoms with Crippen molar-refractivity contribution < 1.29 is 11.0 Å². The average molecular weight is 161 g/mol. The van der Waals surface area contributed by atoms with Gasteiger partial charge in [-0.15, -0.1) is 0 Å². The van der Waals surface area contributed by atoms with Crippen LogP contribution in [0.2, 0.25) is 0 Å². The fourth-order valence-electron chi connectivity index (χ4n) is 0.504. The normalized spacial score (nSPS) is 10.9. The lowest BCUT2D eigenvalue weighted by Gasteiger charge is -2.22. The molecule has 0 saturated heterocycles. The minimum atomic E-state index is -0.348. The van der Waals surface area contributed by atoms with Crippen molar-refractivity contribution in [2.24, 2.45) is 0 Å². The molecule has 0 aromatic rings. The van der Waals surface area contributed by atoms with Crippen LogP contribution in [0.25, 0.3) is 0 Å². The number of hydrogen-bond donors (Lipinski definition) is 1. The highest BCUT2D eigenvalue weighted by atomic mass is 16.6. The van der Waals surface area contributed by atoms with Gasteiger partial charge < -0.3 is 10.1 Å². The SMILES string of the molecule is CCNC(=O)OC(C)(C)CC.[HH]. The zero-order valence-corrected chi connectivity index (χ0v) is 7.73. The number of ether oxygens (including phenoxy) is 1. The smallest absolute Gasteiger partial charge is 0.407 e. The van der Waals surface area contributed by atoms with Gasteiger partial charge in [0, 0.05) is 7.97 Å². The molecule has 0 heterocycles. The highest BCUT2D eigenvalue weighted by Crippen LogP contribution is 2.12. The zero-order valence-electron chi connectivity index (χ0n) is 7.73. The topological polar surface area (TPSA) is 38.3 Å². The van der Waals surface area contributed by atoms with E-state index in [0.717, 1.165) is 6.42 Å². The summed E-state index contributed by atoms with van der Waals surface area (Å²) in [5.74, 6) is 0. The number of carbonyl (C=O) groups excluding carboxylic acids is 1. The van der Waals surface area contributed by atoms with E-state index >= 15 is 0 Å². The fourth-order valence-corrected chi connectivity index (χ4v) is 0.504. The van der Waals surface area contributed by atoms with Crippen molar-refractivity contribution in [1.82, 2.24) is 5.32 Å². The molecular weight excluding hydrogens is 142 g/mol. The van der Waals surface area contributed by atoms with Gasteiger partial charge in [0.25, 0.3) is 0 Å². The van der Waals surface area contributed by atoms with Gasteiger partial charge in [0.15, 0.2) is 0 Å². The Morgan fingerprint density at radius 1 is 1.55 bits per heavy atom. The lowest BCUT2D eigenvalue weighted by molar-refractivity contribution is 0.0366. The molecule has 0 aliphatic rings. The van der Waals surface area contributed by atoms with E-state index in [1.165, 1.54) is 0 Å². The van der Waals surface area contributed by atoms with Gasteiger partial charge in [-0.05, 0) is 27.2 Å². The van der Waals surface area contributed by atoms with Crippen LogP contribution >= 0.6 is 0 Å². The largest absolute Gasteiger partial charge is 0.444 e. The van der Waals surface area contributed by atoms with Crippen molar-refractivity contribution in [1.29, 1.82) is 0 Å². The second-order valence-corrected chi connectivity index (χ2v) is 3.03. The molecule has 0 aromatic carbocycles. The van der Waals surface area contributed by atoms with Gasteiger partial charge >= 0.3 is 6.09 Å². The number of nitrogens with one attached hydrogen (secondary N) is 1. The van der Waals surface area contributed by atoms with Crippen molar-refractivity contribution in [3.05, 3.63) is 0 Å². The standard InChI is InChI=1S/C8H17NO2.H2/c1-5-8(3,4)11-7(10)9-6-2;/h5-6H2,1-4H3,(H,9,10);1H. The lowest BCUT2D eigenvalue weighted by atomic mass is 10.1. The molecule has 0 spiro atoms. The summed E-state index contributed by atoms with van der Waals surface area (Å²) >= 11 is 0. The first-order valence-electron chi connectivity index (χ1n) is 3.98. The van der Waals surface area contributed by atoms with E-state index in [0.29, 0.717) is 6.54 Å². The van der Waals surface area contributed by atoms with Crippen molar-refractivity contribution in [2.45, 2.75) is 39.7 Å².